The number of anilines is 1. The van der Waals surface area contributed by atoms with Gasteiger partial charge in [-0.05, 0) is 32.0 Å². The van der Waals surface area contributed by atoms with E-state index >= 15 is 0 Å². The number of hydrogen-bond acceptors (Lipinski definition) is 3. The fourth-order valence-electron chi connectivity index (χ4n) is 1.79. The zero-order chi connectivity index (χ0) is 14.9. The largest absolute Gasteiger partial charge is 0.425 e. The van der Waals surface area contributed by atoms with Crippen LogP contribution in [0.2, 0.25) is 0 Å². The highest BCUT2D eigenvalue weighted by Gasteiger charge is 2.30. The van der Waals surface area contributed by atoms with Gasteiger partial charge in [0.25, 0.3) is 0 Å². The third-order valence-electron chi connectivity index (χ3n) is 2.68. The lowest BCUT2D eigenvalue weighted by molar-refractivity contribution is -0.137. The van der Waals surface area contributed by atoms with Crippen molar-refractivity contribution in [1.29, 1.82) is 0 Å². The molecule has 1 aromatic carbocycles. The van der Waals surface area contributed by atoms with Gasteiger partial charge in [-0.1, -0.05) is 6.07 Å². The summed E-state index contributed by atoms with van der Waals surface area (Å²) in [5.41, 5.74) is 4.96. The molecule has 2 aromatic rings. The topological polar surface area (TPSA) is 53.1 Å². The number of benzene rings is 1. The summed E-state index contributed by atoms with van der Waals surface area (Å²) in [6, 6.07) is 4.77. The number of alkyl halides is 3. The highest BCUT2D eigenvalue weighted by Crippen LogP contribution is 2.33. The summed E-state index contributed by atoms with van der Waals surface area (Å²) in [7, 11) is 0. The molecule has 0 fully saturated rings. The number of imidazole rings is 1. The van der Waals surface area contributed by atoms with E-state index in [9.17, 15) is 13.2 Å². The molecule has 0 aliphatic rings. The van der Waals surface area contributed by atoms with Crippen LogP contribution in [0.5, 0.6) is 11.8 Å². The Labute approximate surface area is 114 Å². The minimum Gasteiger partial charge on any atom is -0.425 e. The fraction of sp³-hybridized carbons (Fsp3) is 0.308. The molecule has 0 unspecified atom stereocenters. The van der Waals surface area contributed by atoms with Gasteiger partial charge in [-0.25, -0.2) is 4.98 Å². The van der Waals surface area contributed by atoms with Gasteiger partial charge >= 0.3 is 12.2 Å². The zero-order valence-electron chi connectivity index (χ0n) is 11.0. The third kappa shape index (κ3) is 2.87. The van der Waals surface area contributed by atoms with Gasteiger partial charge in [0.2, 0.25) is 0 Å². The molecule has 1 heterocycles. The Morgan fingerprint density at radius 1 is 1.30 bits per heavy atom. The van der Waals surface area contributed by atoms with Crippen molar-refractivity contribution in [3.05, 3.63) is 36.0 Å². The average molecular weight is 285 g/mol. The van der Waals surface area contributed by atoms with Crippen LogP contribution in [0.4, 0.5) is 19.0 Å². The predicted molar refractivity (Wildman–Crippen MR) is 68.5 cm³/mol. The summed E-state index contributed by atoms with van der Waals surface area (Å²) in [5, 5.41) is 0. The van der Waals surface area contributed by atoms with Gasteiger partial charge in [-0.2, -0.15) is 13.2 Å². The van der Waals surface area contributed by atoms with Gasteiger partial charge in [0.15, 0.2) is 0 Å². The molecule has 0 amide bonds. The van der Waals surface area contributed by atoms with Gasteiger partial charge in [0, 0.05) is 6.04 Å². The summed E-state index contributed by atoms with van der Waals surface area (Å²) in [6.45, 7) is 3.74. The molecule has 108 valence electrons. The Morgan fingerprint density at radius 3 is 2.60 bits per heavy atom. The van der Waals surface area contributed by atoms with E-state index < -0.39 is 11.7 Å². The van der Waals surface area contributed by atoms with Crippen LogP contribution < -0.4 is 10.5 Å². The Bertz CT molecular complexity index is 605. The molecule has 0 aliphatic carbocycles. The molecular formula is C13H14F3N3O. The van der Waals surface area contributed by atoms with Crippen LogP contribution in [-0.2, 0) is 6.18 Å². The Balaban J connectivity index is 2.31. The summed E-state index contributed by atoms with van der Waals surface area (Å²) < 4.78 is 44.9. The number of aromatic nitrogens is 2. The maximum Gasteiger partial charge on any atom is 0.416 e. The molecule has 20 heavy (non-hydrogen) atoms. The number of nitrogen functional groups attached to an aromatic ring is 1. The van der Waals surface area contributed by atoms with Crippen molar-refractivity contribution in [3.63, 3.8) is 0 Å². The number of nitrogens with zero attached hydrogens (tertiary/aromatic N) is 2. The summed E-state index contributed by atoms with van der Waals surface area (Å²) in [4.78, 5) is 3.96. The molecular weight excluding hydrogens is 271 g/mol. The fourth-order valence-corrected chi connectivity index (χ4v) is 1.79. The van der Waals surface area contributed by atoms with Crippen molar-refractivity contribution < 1.29 is 17.9 Å². The quantitative estimate of drug-likeness (QED) is 0.931. The molecule has 0 radical (unpaired) electrons. The molecule has 4 nitrogen and oxygen atoms in total. The van der Waals surface area contributed by atoms with E-state index in [0.717, 1.165) is 12.1 Å². The second kappa shape index (κ2) is 5.07. The van der Waals surface area contributed by atoms with Crippen molar-refractivity contribution in [2.45, 2.75) is 26.1 Å². The van der Waals surface area contributed by atoms with Crippen LogP contribution in [0, 0.1) is 0 Å². The first-order chi connectivity index (χ1) is 9.29. The summed E-state index contributed by atoms with van der Waals surface area (Å²) >= 11 is 0. The first-order valence-electron chi connectivity index (χ1n) is 5.97. The second-order valence-electron chi connectivity index (χ2n) is 4.56. The van der Waals surface area contributed by atoms with Crippen LogP contribution in [-0.4, -0.2) is 9.55 Å². The standard InChI is InChI=1S/C13H14F3N3O/c1-8(2)19-11(17)7-18-12(19)20-10-5-3-4-9(6-10)13(14,15)16/h3-8H,17H2,1-2H3. The highest BCUT2D eigenvalue weighted by molar-refractivity contribution is 5.35. The molecule has 0 saturated heterocycles. The average Bonchev–Trinajstić information content (AvgIpc) is 2.69. The number of halogens is 3. The molecule has 2 rings (SSSR count). The molecule has 0 atom stereocenters. The minimum atomic E-state index is -4.41. The van der Waals surface area contributed by atoms with E-state index in [4.69, 9.17) is 10.5 Å². The second-order valence-corrected chi connectivity index (χ2v) is 4.56. The van der Waals surface area contributed by atoms with Crippen molar-refractivity contribution in [3.8, 4) is 11.8 Å². The van der Waals surface area contributed by atoms with E-state index in [2.05, 4.69) is 4.98 Å². The van der Waals surface area contributed by atoms with Crippen LogP contribution in [0.3, 0.4) is 0 Å². The monoisotopic (exact) mass is 285 g/mol. The van der Waals surface area contributed by atoms with Crippen LogP contribution in [0.25, 0.3) is 0 Å². The SMILES string of the molecule is CC(C)n1c(N)cnc1Oc1cccc(C(F)(F)F)c1. The summed E-state index contributed by atoms with van der Waals surface area (Å²) in [5.74, 6) is 0.453. The number of nitrogens with two attached hydrogens (primary N) is 1. The lowest BCUT2D eigenvalue weighted by Gasteiger charge is -2.14. The Hall–Kier alpha value is -2.18. The van der Waals surface area contributed by atoms with Gasteiger partial charge in [0.05, 0.1) is 11.8 Å². The van der Waals surface area contributed by atoms with Crippen LogP contribution >= 0.6 is 0 Å². The predicted octanol–water partition coefficient (Wildman–Crippen LogP) is 3.86. The highest BCUT2D eigenvalue weighted by atomic mass is 19.4. The van der Waals surface area contributed by atoms with Gasteiger partial charge in [0.1, 0.15) is 11.6 Å². The number of hydrogen-bond donors (Lipinski definition) is 1. The van der Waals surface area contributed by atoms with Crippen molar-refractivity contribution in [2.75, 3.05) is 5.73 Å². The molecule has 2 N–H and O–H groups in total. The molecule has 0 saturated carbocycles. The third-order valence-corrected chi connectivity index (χ3v) is 2.68. The molecule has 0 bridgehead atoms. The summed E-state index contributed by atoms with van der Waals surface area (Å²) in [6.07, 6.45) is -3.01. The first kappa shape index (κ1) is 14.2. The van der Waals surface area contributed by atoms with Gasteiger partial charge in [-0.3, -0.25) is 4.57 Å². The van der Waals surface area contributed by atoms with E-state index in [0.29, 0.717) is 5.82 Å². The Kier molecular flexibility index (Phi) is 3.61. The van der Waals surface area contributed by atoms with Crippen LogP contribution in [0.1, 0.15) is 25.5 Å². The van der Waals surface area contributed by atoms with Crippen molar-refractivity contribution in [2.24, 2.45) is 0 Å². The maximum atomic E-state index is 12.6. The van der Waals surface area contributed by atoms with Crippen LogP contribution in [0.15, 0.2) is 30.5 Å². The Morgan fingerprint density at radius 2 is 2.00 bits per heavy atom. The van der Waals surface area contributed by atoms with Gasteiger partial charge in [-0.15, -0.1) is 0 Å². The molecule has 0 spiro atoms. The van der Waals surface area contributed by atoms with E-state index in [1.165, 1.54) is 18.3 Å². The number of ether oxygens (including phenoxy) is 1. The zero-order valence-corrected chi connectivity index (χ0v) is 11.0. The molecule has 0 aliphatic heterocycles. The molecule has 1 aromatic heterocycles. The maximum absolute atomic E-state index is 12.6. The van der Waals surface area contributed by atoms with E-state index in [-0.39, 0.29) is 17.8 Å². The lowest BCUT2D eigenvalue weighted by Crippen LogP contribution is -2.08. The van der Waals surface area contributed by atoms with E-state index in [1.54, 1.807) is 4.57 Å². The first-order valence-corrected chi connectivity index (χ1v) is 5.97. The van der Waals surface area contributed by atoms with E-state index in [1.807, 2.05) is 13.8 Å². The molecule has 7 heteroatoms. The lowest BCUT2D eigenvalue weighted by atomic mass is 10.2. The normalized spacial score (nSPS) is 11.9. The smallest absolute Gasteiger partial charge is 0.416 e. The number of rotatable bonds is 3. The van der Waals surface area contributed by atoms with Gasteiger partial charge < -0.3 is 10.5 Å². The minimum absolute atomic E-state index is 0.0155. The van der Waals surface area contributed by atoms with Crippen molar-refractivity contribution >= 4 is 5.82 Å². The van der Waals surface area contributed by atoms with Crippen molar-refractivity contribution in [1.82, 2.24) is 9.55 Å².